The average molecular weight is 381 g/mol. The minimum Gasteiger partial charge on any atom is -0.495 e. The van der Waals surface area contributed by atoms with E-state index in [1.807, 2.05) is 31.3 Å². The van der Waals surface area contributed by atoms with E-state index >= 15 is 0 Å². The van der Waals surface area contributed by atoms with Crippen LogP contribution in [-0.4, -0.2) is 14.2 Å². The molecule has 1 aromatic heterocycles. The van der Waals surface area contributed by atoms with Crippen molar-refractivity contribution in [2.75, 3.05) is 14.2 Å². The van der Waals surface area contributed by atoms with E-state index in [1.165, 1.54) is 11.3 Å². The number of hydrogen-bond acceptors (Lipinski definition) is 3. The minimum atomic E-state index is -0.0116. The summed E-state index contributed by atoms with van der Waals surface area (Å²) in [6, 6.07) is 7.60. The highest BCUT2D eigenvalue weighted by atomic mass is 79.9. The first-order chi connectivity index (χ1) is 9.06. The van der Waals surface area contributed by atoms with E-state index in [9.17, 15) is 0 Å². The number of halogens is 3. The van der Waals surface area contributed by atoms with E-state index in [1.54, 1.807) is 7.11 Å². The third-order valence-electron chi connectivity index (χ3n) is 2.72. The van der Waals surface area contributed by atoms with E-state index in [-0.39, 0.29) is 6.04 Å². The average Bonchev–Trinajstić information content (AvgIpc) is 2.76. The molecule has 1 atom stereocenters. The molecule has 0 aliphatic carbocycles. The Morgan fingerprint density at radius 3 is 2.58 bits per heavy atom. The van der Waals surface area contributed by atoms with Gasteiger partial charge in [0.25, 0.3) is 0 Å². The molecule has 0 aliphatic rings. The Morgan fingerprint density at radius 1 is 1.32 bits per heavy atom. The Balaban J connectivity index is 2.54. The third kappa shape index (κ3) is 3.26. The predicted octanol–water partition coefficient (Wildman–Crippen LogP) is 5.13. The van der Waals surface area contributed by atoms with Gasteiger partial charge in [0, 0.05) is 15.5 Å². The molecular formula is C13H12BrCl2NOS. The van der Waals surface area contributed by atoms with Gasteiger partial charge in [0.2, 0.25) is 0 Å². The molecule has 102 valence electrons. The summed E-state index contributed by atoms with van der Waals surface area (Å²) in [5.41, 5.74) is 0.975. The molecule has 0 amide bonds. The fourth-order valence-corrected chi connectivity index (χ4v) is 4.13. The van der Waals surface area contributed by atoms with Crippen molar-refractivity contribution in [2.45, 2.75) is 6.04 Å². The second-order valence-electron chi connectivity index (χ2n) is 3.87. The number of rotatable bonds is 4. The summed E-state index contributed by atoms with van der Waals surface area (Å²) in [5.74, 6) is 0.772. The fraction of sp³-hybridized carbons (Fsp3) is 0.231. The summed E-state index contributed by atoms with van der Waals surface area (Å²) in [6.45, 7) is 0. The van der Waals surface area contributed by atoms with E-state index in [4.69, 9.17) is 27.9 Å². The molecule has 19 heavy (non-hydrogen) atoms. The number of methoxy groups -OCH3 is 1. The van der Waals surface area contributed by atoms with Crippen LogP contribution in [0.3, 0.4) is 0 Å². The van der Waals surface area contributed by atoms with Crippen LogP contribution in [0.2, 0.25) is 9.36 Å². The van der Waals surface area contributed by atoms with Crippen molar-refractivity contribution in [2.24, 2.45) is 0 Å². The topological polar surface area (TPSA) is 21.3 Å². The zero-order valence-corrected chi connectivity index (χ0v) is 14.3. The molecule has 0 fully saturated rings. The largest absolute Gasteiger partial charge is 0.495 e. The highest BCUT2D eigenvalue weighted by Crippen LogP contribution is 2.40. The summed E-state index contributed by atoms with van der Waals surface area (Å²) < 4.78 is 7.06. The Kier molecular flexibility index (Phi) is 5.15. The first-order valence-electron chi connectivity index (χ1n) is 5.52. The van der Waals surface area contributed by atoms with Gasteiger partial charge in [-0.1, -0.05) is 23.2 Å². The van der Waals surface area contributed by atoms with Gasteiger partial charge in [-0.2, -0.15) is 0 Å². The van der Waals surface area contributed by atoms with Crippen LogP contribution in [0.15, 0.2) is 28.7 Å². The minimum absolute atomic E-state index is 0.0116. The maximum absolute atomic E-state index is 6.14. The number of hydrogen-bond donors (Lipinski definition) is 1. The number of thiophene rings is 1. The molecule has 2 aromatic rings. The van der Waals surface area contributed by atoms with Crippen LogP contribution in [0.4, 0.5) is 0 Å². The van der Waals surface area contributed by atoms with Crippen LogP contribution < -0.4 is 10.1 Å². The molecule has 1 heterocycles. The molecule has 2 nitrogen and oxygen atoms in total. The van der Waals surface area contributed by atoms with E-state index < -0.39 is 0 Å². The smallest absolute Gasteiger partial charge is 0.138 e. The summed E-state index contributed by atoms with van der Waals surface area (Å²) >= 11 is 17.2. The van der Waals surface area contributed by atoms with Crippen molar-refractivity contribution in [3.05, 3.63) is 48.5 Å². The van der Waals surface area contributed by atoms with Crippen molar-refractivity contribution in [3.8, 4) is 5.75 Å². The number of benzene rings is 1. The Morgan fingerprint density at radius 2 is 2.05 bits per heavy atom. The van der Waals surface area contributed by atoms with Gasteiger partial charge >= 0.3 is 0 Å². The molecule has 0 saturated carbocycles. The molecule has 1 unspecified atom stereocenters. The summed E-state index contributed by atoms with van der Waals surface area (Å²) in [7, 11) is 3.54. The first kappa shape index (κ1) is 15.1. The van der Waals surface area contributed by atoms with Crippen molar-refractivity contribution in [3.63, 3.8) is 0 Å². The summed E-state index contributed by atoms with van der Waals surface area (Å²) in [6.07, 6.45) is 0. The van der Waals surface area contributed by atoms with Gasteiger partial charge in [-0.25, -0.2) is 0 Å². The quantitative estimate of drug-likeness (QED) is 0.793. The molecule has 6 heteroatoms. The standard InChI is InChI=1S/C13H12BrCl2NOS/c1-17-12(10-3-4-11(16)19-10)8-5-7(15)6-9(14)13(8)18-2/h3-6,12,17H,1-2H3. The lowest BCUT2D eigenvalue weighted by Crippen LogP contribution is -2.17. The van der Waals surface area contributed by atoms with Crippen LogP contribution in [-0.2, 0) is 0 Å². The van der Waals surface area contributed by atoms with Gasteiger partial charge in [0.1, 0.15) is 5.75 Å². The number of nitrogens with one attached hydrogen (secondary N) is 1. The van der Waals surface area contributed by atoms with Crippen LogP contribution in [0, 0.1) is 0 Å². The normalized spacial score (nSPS) is 12.5. The third-order valence-corrected chi connectivity index (χ3v) is 4.82. The van der Waals surface area contributed by atoms with E-state index in [0.717, 1.165) is 25.0 Å². The summed E-state index contributed by atoms with van der Waals surface area (Å²) in [5, 5.41) is 3.93. The SMILES string of the molecule is CNC(c1ccc(Cl)s1)c1cc(Cl)cc(Br)c1OC. The van der Waals surface area contributed by atoms with E-state index in [0.29, 0.717) is 5.02 Å². The van der Waals surface area contributed by atoms with Crippen LogP contribution in [0.25, 0.3) is 0 Å². The Bertz CT molecular complexity index is 588. The molecule has 0 bridgehead atoms. The lowest BCUT2D eigenvalue weighted by Gasteiger charge is -2.19. The van der Waals surface area contributed by atoms with Gasteiger partial charge in [-0.05, 0) is 47.2 Å². The summed E-state index contributed by atoms with van der Waals surface area (Å²) in [4.78, 5) is 1.11. The second-order valence-corrected chi connectivity index (χ2v) is 6.91. The molecule has 0 radical (unpaired) electrons. The van der Waals surface area contributed by atoms with Crippen molar-refractivity contribution in [1.29, 1.82) is 0 Å². The number of ether oxygens (including phenoxy) is 1. The maximum Gasteiger partial charge on any atom is 0.138 e. The van der Waals surface area contributed by atoms with E-state index in [2.05, 4.69) is 21.2 Å². The van der Waals surface area contributed by atoms with Gasteiger partial charge < -0.3 is 10.1 Å². The molecule has 0 spiro atoms. The fourth-order valence-electron chi connectivity index (χ4n) is 1.94. The highest BCUT2D eigenvalue weighted by Gasteiger charge is 2.21. The molecule has 1 aromatic carbocycles. The molecule has 0 saturated heterocycles. The van der Waals surface area contributed by atoms with Crippen LogP contribution in [0.1, 0.15) is 16.5 Å². The van der Waals surface area contributed by atoms with Gasteiger partial charge in [-0.3, -0.25) is 0 Å². The lowest BCUT2D eigenvalue weighted by atomic mass is 10.0. The van der Waals surface area contributed by atoms with Crippen molar-refractivity contribution in [1.82, 2.24) is 5.32 Å². The molecular weight excluding hydrogens is 369 g/mol. The van der Waals surface area contributed by atoms with Crippen LogP contribution in [0.5, 0.6) is 5.75 Å². The van der Waals surface area contributed by atoms with Crippen molar-refractivity contribution >= 4 is 50.5 Å². The lowest BCUT2D eigenvalue weighted by molar-refractivity contribution is 0.403. The monoisotopic (exact) mass is 379 g/mol. The first-order valence-corrected chi connectivity index (χ1v) is 7.88. The van der Waals surface area contributed by atoms with Gasteiger partial charge in [0.15, 0.2) is 0 Å². The molecule has 2 rings (SSSR count). The zero-order chi connectivity index (χ0) is 14.0. The Labute approximate surface area is 134 Å². The zero-order valence-electron chi connectivity index (χ0n) is 10.3. The van der Waals surface area contributed by atoms with Gasteiger partial charge in [-0.15, -0.1) is 11.3 Å². The van der Waals surface area contributed by atoms with Crippen LogP contribution >= 0.6 is 50.5 Å². The second kappa shape index (κ2) is 6.46. The maximum atomic E-state index is 6.14. The van der Waals surface area contributed by atoms with Crippen molar-refractivity contribution < 1.29 is 4.74 Å². The Hall–Kier alpha value is -0.260. The highest BCUT2D eigenvalue weighted by molar-refractivity contribution is 9.10. The molecule has 0 aliphatic heterocycles. The predicted molar refractivity (Wildman–Crippen MR) is 85.9 cm³/mol. The molecule has 1 N–H and O–H groups in total. The van der Waals surface area contributed by atoms with Gasteiger partial charge in [0.05, 0.1) is 22.0 Å².